The lowest BCUT2D eigenvalue weighted by Crippen LogP contribution is -1.83. The molecule has 0 unspecified atom stereocenters. The predicted octanol–water partition coefficient (Wildman–Crippen LogP) is 2.84. The molecule has 0 radical (unpaired) electrons. The van der Waals surface area contributed by atoms with Crippen LogP contribution in [-0.4, -0.2) is 4.98 Å². The molecule has 2 nitrogen and oxygen atoms in total. The monoisotopic (exact) mass is 198 g/mol. The molecular formula is C8H7ClN2S. The summed E-state index contributed by atoms with van der Waals surface area (Å²) in [6, 6.07) is 3.62. The number of rotatable bonds is 0. The lowest BCUT2D eigenvalue weighted by Gasteiger charge is -1.94. The van der Waals surface area contributed by atoms with Crippen molar-refractivity contribution < 1.29 is 0 Å². The van der Waals surface area contributed by atoms with Gasteiger partial charge in [-0.3, -0.25) is 0 Å². The summed E-state index contributed by atoms with van der Waals surface area (Å²) in [4.78, 5) is 4.28. The minimum absolute atomic E-state index is 0.634. The molecule has 1 heterocycles. The number of halogens is 1. The largest absolute Gasteiger partial charge is 0.399 e. The summed E-state index contributed by atoms with van der Waals surface area (Å²) in [6.45, 7) is 1.96. The molecule has 0 fully saturated rings. The molecule has 2 aromatic rings. The van der Waals surface area contributed by atoms with E-state index in [9.17, 15) is 0 Å². The van der Waals surface area contributed by atoms with E-state index in [4.69, 9.17) is 17.3 Å². The van der Waals surface area contributed by atoms with Gasteiger partial charge in [0.05, 0.1) is 14.7 Å². The number of fused-ring (bicyclic) bond motifs is 1. The number of nitrogens with zero attached hydrogens (tertiary/aromatic N) is 1. The summed E-state index contributed by atoms with van der Waals surface area (Å²) in [6.07, 6.45) is 0. The quantitative estimate of drug-likeness (QED) is 0.662. The molecular weight excluding hydrogens is 192 g/mol. The van der Waals surface area contributed by atoms with Gasteiger partial charge in [0.15, 0.2) is 0 Å². The summed E-state index contributed by atoms with van der Waals surface area (Å²) >= 11 is 7.54. The molecule has 4 heteroatoms. The summed E-state index contributed by atoms with van der Waals surface area (Å²) in [5.41, 5.74) is 7.17. The Morgan fingerprint density at radius 3 is 3.00 bits per heavy atom. The highest BCUT2D eigenvalue weighted by molar-refractivity contribution is 7.18. The molecule has 2 rings (SSSR count). The number of aryl methyl sites for hydroxylation is 1. The lowest BCUT2D eigenvalue weighted by molar-refractivity contribution is 1.35. The second-order valence-corrected chi connectivity index (χ2v) is 4.22. The first kappa shape index (κ1) is 7.83. The second kappa shape index (κ2) is 2.61. The van der Waals surface area contributed by atoms with Crippen molar-refractivity contribution in [2.75, 3.05) is 5.73 Å². The Labute approximate surface area is 79.0 Å². The van der Waals surface area contributed by atoms with Gasteiger partial charge in [0.1, 0.15) is 5.52 Å². The number of thiazole rings is 1. The Balaban J connectivity index is 2.88. The minimum Gasteiger partial charge on any atom is -0.399 e. The van der Waals surface area contributed by atoms with Crippen LogP contribution >= 0.6 is 22.9 Å². The minimum atomic E-state index is 0.634. The Hall–Kier alpha value is -0.800. The standard InChI is InChI=1S/C8H7ClN2S/c1-4-11-8-6(9)2-5(10)3-7(8)12-4/h2-3H,10H2,1H3. The number of nitrogens with two attached hydrogens (primary N) is 1. The van der Waals surface area contributed by atoms with Crippen molar-refractivity contribution >= 4 is 38.8 Å². The molecule has 2 N–H and O–H groups in total. The molecule has 12 heavy (non-hydrogen) atoms. The van der Waals surface area contributed by atoms with Crippen molar-refractivity contribution in [3.05, 3.63) is 22.2 Å². The van der Waals surface area contributed by atoms with Gasteiger partial charge in [-0.25, -0.2) is 4.98 Å². The molecule has 0 atom stereocenters. The zero-order valence-corrected chi connectivity index (χ0v) is 8.04. The van der Waals surface area contributed by atoms with Crippen LogP contribution in [0.3, 0.4) is 0 Å². The third kappa shape index (κ3) is 1.15. The van der Waals surface area contributed by atoms with E-state index in [-0.39, 0.29) is 0 Å². The molecule has 0 aliphatic rings. The maximum absolute atomic E-state index is 5.94. The van der Waals surface area contributed by atoms with Crippen LogP contribution in [-0.2, 0) is 0 Å². The van der Waals surface area contributed by atoms with E-state index in [1.54, 1.807) is 17.4 Å². The van der Waals surface area contributed by atoms with Crippen LogP contribution in [0, 0.1) is 6.92 Å². The van der Waals surface area contributed by atoms with Gasteiger partial charge in [-0.2, -0.15) is 0 Å². The Morgan fingerprint density at radius 2 is 2.25 bits per heavy atom. The van der Waals surface area contributed by atoms with Gasteiger partial charge < -0.3 is 5.73 Å². The molecule has 1 aromatic heterocycles. The van der Waals surface area contributed by atoms with Gasteiger partial charge in [-0.05, 0) is 19.1 Å². The van der Waals surface area contributed by atoms with Crippen molar-refractivity contribution in [3.8, 4) is 0 Å². The maximum Gasteiger partial charge on any atom is 0.100 e. The first-order valence-corrected chi connectivity index (χ1v) is 4.68. The van der Waals surface area contributed by atoms with Gasteiger partial charge in [0, 0.05) is 5.69 Å². The van der Waals surface area contributed by atoms with Gasteiger partial charge in [-0.1, -0.05) is 11.6 Å². The van der Waals surface area contributed by atoms with Crippen LogP contribution in [0.25, 0.3) is 10.2 Å². The van der Waals surface area contributed by atoms with E-state index < -0.39 is 0 Å². The van der Waals surface area contributed by atoms with Crippen molar-refractivity contribution in [2.45, 2.75) is 6.92 Å². The van der Waals surface area contributed by atoms with Crippen molar-refractivity contribution in [1.29, 1.82) is 0 Å². The molecule has 1 aromatic carbocycles. The summed E-state index contributed by atoms with van der Waals surface area (Å²) in [7, 11) is 0. The number of hydrogen-bond acceptors (Lipinski definition) is 3. The van der Waals surface area contributed by atoms with Crippen molar-refractivity contribution in [1.82, 2.24) is 4.98 Å². The van der Waals surface area contributed by atoms with Gasteiger partial charge in [0.25, 0.3) is 0 Å². The zero-order valence-electron chi connectivity index (χ0n) is 6.47. The number of aromatic nitrogens is 1. The van der Waals surface area contributed by atoms with Crippen LogP contribution in [0.15, 0.2) is 12.1 Å². The second-order valence-electron chi connectivity index (χ2n) is 2.58. The summed E-state index contributed by atoms with van der Waals surface area (Å²) < 4.78 is 1.05. The first-order valence-electron chi connectivity index (χ1n) is 3.49. The fourth-order valence-corrected chi connectivity index (χ4v) is 2.35. The fourth-order valence-electron chi connectivity index (χ4n) is 1.12. The SMILES string of the molecule is Cc1nc2c(Cl)cc(N)cc2s1. The van der Waals surface area contributed by atoms with Gasteiger partial charge in [0.2, 0.25) is 0 Å². The maximum atomic E-state index is 5.94. The molecule has 0 aliphatic carbocycles. The number of anilines is 1. The Bertz CT molecular complexity index is 436. The van der Waals surface area contributed by atoms with Crippen LogP contribution in [0.5, 0.6) is 0 Å². The Morgan fingerprint density at radius 1 is 1.50 bits per heavy atom. The molecule has 0 amide bonds. The molecule has 0 aliphatic heterocycles. The predicted molar refractivity (Wildman–Crippen MR) is 53.8 cm³/mol. The molecule has 0 spiro atoms. The summed E-state index contributed by atoms with van der Waals surface area (Å²) in [5.74, 6) is 0. The van der Waals surface area contributed by atoms with E-state index in [1.165, 1.54) is 0 Å². The van der Waals surface area contributed by atoms with E-state index in [2.05, 4.69) is 4.98 Å². The van der Waals surface area contributed by atoms with Crippen molar-refractivity contribution in [3.63, 3.8) is 0 Å². The molecule has 0 saturated carbocycles. The van der Waals surface area contributed by atoms with Gasteiger partial charge >= 0.3 is 0 Å². The van der Waals surface area contributed by atoms with Gasteiger partial charge in [-0.15, -0.1) is 11.3 Å². The Kier molecular flexibility index (Phi) is 1.70. The zero-order chi connectivity index (χ0) is 8.72. The average molecular weight is 199 g/mol. The number of benzene rings is 1. The number of nitrogen functional groups attached to an aromatic ring is 1. The topological polar surface area (TPSA) is 38.9 Å². The van der Waals surface area contributed by atoms with E-state index in [0.717, 1.165) is 15.2 Å². The highest BCUT2D eigenvalue weighted by atomic mass is 35.5. The lowest BCUT2D eigenvalue weighted by atomic mass is 10.3. The third-order valence-electron chi connectivity index (χ3n) is 1.58. The van der Waals surface area contributed by atoms with Crippen LogP contribution in [0.2, 0.25) is 5.02 Å². The third-order valence-corrected chi connectivity index (χ3v) is 2.78. The van der Waals surface area contributed by atoms with Crippen LogP contribution in [0.4, 0.5) is 5.69 Å². The van der Waals surface area contributed by atoms with Crippen LogP contribution in [0.1, 0.15) is 5.01 Å². The fraction of sp³-hybridized carbons (Fsp3) is 0.125. The normalized spacial score (nSPS) is 10.8. The summed E-state index contributed by atoms with van der Waals surface area (Å²) in [5, 5.41) is 1.65. The van der Waals surface area contributed by atoms with Crippen LogP contribution < -0.4 is 5.73 Å². The highest BCUT2D eigenvalue weighted by Gasteiger charge is 2.04. The molecule has 0 saturated heterocycles. The van der Waals surface area contributed by atoms with Crippen molar-refractivity contribution in [2.24, 2.45) is 0 Å². The number of hydrogen-bond donors (Lipinski definition) is 1. The van der Waals surface area contributed by atoms with E-state index >= 15 is 0 Å². The molecule has 0 bridgehead atoms. The van der Waals surface area contributed by atoms with E-state index in [0.29, 0.717) is 10.7 Å². The van der Waals surface area contributed by atoms with E-state index in [1.807, 2.05) is 13.0 Å². The average Bonchev–Trinajstić information content (AvgIpc) is 2.29. The molecule has 62 valence electrons. The first-order chi connectivity index (χ1) is 5.66. The smallest absolute Gasteiger partial charge is 0.100 e. The highest BCUT2D eigenvalue weighted by Crippen LogP contribution is 2.30.